The van der Waals surface area contributed by atoms with Crippen molar-refractivity contribution in [1.29, 1.82) is 5.26 Å². The zero-order chi connectivity index (χ0) is 13.0. The van der Waals surface area contributed by atoms with E-state index in [1.807, 2.05) is 6.07 Å². The molecule has 0 saturated heterocycles. The van der Waals surface area contributed by atoms with Crippen LogP contribution in [0.1, 0.15) is 16.7 Å². The molecule has 0 aliphatic rings. The summed E-state index contributed by atoms with van der Waals surface area (Å²) in [6.45, 7) is 0. The number of hydrogen-bond donors (Lipinski definition) is 1. The van der Waals surface area contributed by atoms with Gasteiger partial charge in [-0.1, -0.05) is 42.5 Å². The number of aldehydes is 1. The van der Waals surface area contributed by atoms with E-state index in [4.69, 9.17) is 5.26 Å². The van der Waals surface area contributed by atoms with Gasteiger partial charge in [0.15, 0.2) is 11.9 Å². The lowest BCUT2D eigenvalue weighted by Crippen LogP contribution is -2.29. The predicted molar refractivity (Wildman–Crippen MR) is 66.7 cm³/mol. The lowest BCUT2D eigenvalue weighted by molar-refractivity contribution is -0.121. The number of nitrogens with zero attached hydrogens (tertiary/aromatic N) is 1. The third kappa shape index (κ3) is 2.02. The summed E-state index contributed by atoms with van der Waals surface area (Å²) in [7, 11) is 0. The summed E-state index contributed by atoms with van der Waals surface area (Å²) in [5.74, 6) is 0. The molecule has 18 heavy (non-hydrogen) atoms. The van der Waals surface area contributed by atoms with Crippen LogP contribution >= 0.6 is 0 Å². The van der Waals surface area contributed by atoms with Gasteiger partial charge in [0.2, 0.25) is 0 Å². The van der Waals surface area contributed by atoms with E-state index in [2.05, 4.69) is 0 Å². The molecule has 0 aliphatic carbocycles. The normalized spacial score (nSPS) is 13.3. The fourth-order valence-electron chi connectivity index (χ4n) is 1.82. The third-order valence-corrected chi connectivity index (χ3v) is 2.82. The van der Waals surface area contributed by atoms with E-state index in [1.165, 1.54) is 6.07 Å². The number of carbonyl (C=O) groups is 1. The number of rotatable bonds is 3. The Hall–Kier alpha value is -2.44. The number of benzene rings is 2. The average Bonchev–Trinajstić information content (AvgIpc) is 2.47. The van der Waals surface area contributed by atoms with Gasteiger partial charge in [-0.05, 0) is 23.3 Å². The van der Waals surface area contributed by atoms with Crippen molar-refractivity contribution in [2.75, 3.05) is 0 Å². The zero-order valence-corrected chi connectivity index (χ0v) is 9.58. The van der Waals surface area contributed by atoms with E-state index >= 15 is 0 Å². The minimum absolute atomic E-state index is 0.391. The molecule has 0 spiro atoms. The molecule has 1 N–H and O–H groups in total. The topological polar surface area (TPSA) is 61.1 Å². The minimum atomic E-state index is -1.71. The van der Waals surface area contributed by atoms with Crippen LogP contribution in [0, 0.1) is 11.3 Å². The summed E-state index contributed by atoms with van der Waals surface area (Å²) in [5.41, 5.74) is -0.435. The van der Waals surface area contributed by atoms with E-state index in [9.17, 15) is 9.90 Å². The highest BCUT2D eigenvalue weighted by atomic mass is 16.3. The number of carbonyl (C=O) groups excluding carboxylic acids is 1. The molecule has 0 amide bonds. The predicted octanol–water partition coefficient (Wildman–Crippen LogP) is 1.99. The molecule has 0 fully saturated rings. The zero-order valence-electron chi connectivity index (χ0n) is 9.58. The summed E-state index contributed by atoms with van der Waals surface area (Å²) in [6, 6.07) is 17.0. The maximum absolute atomic E-state index is 11.3. The van der Waals surface area contributed by atoms with E-state index in [0.29, 0.717) is 23.0 Å². The highest BCUT2D eigenvalue weighted by Crippen LogP contribution is 2.27. The highest BCUT2D eigenvalue weighted by Gasteiger charge is 2.31. The molecule has 0 radical (unpaired) electrons. The Labute approximate surface area is 105 Å². The van der Waals surface area contributed by atoms with Crippen LogP contribution in [0.25, 0.3) is 0 Å². The molecule has 2 rings (SSSR count). The van der Waals surface area contributed by atoms with Crippen molar-refractivity contribution in [3.8, 4) is 6.07 Å². The SMILES string of the molecule is N#Cc1cccc(C(O)(C=O)c2ccccc2)c1. The van der Waals surface area contributed by atoms with Gasteiger partial charge in [0, 0.05) is 0 Å². The molecule has 1 atom stereocenters. The minimum Gasteiger partial charge on any atom is -0.373 e. The fraction of sp³-hybridized carbons (Fsp3) is 0.0667. The molecule has 0 saturated carbocycles. The van der Waals surface area contributed by atoms with Crippen molar-refractivity contribution in [3.05, 3.63) is 71.3 Å². The Bertz CT molecular complexity index is 601. The molecule has 2 aromatic carbocycles. The first-order valence-electron chi connectivity index (χ1n) is 5.45. The Morgan fingerprint density at radius 1 is 1.06 bits per heavy atom. The van der Waals surface area contributed by atoms with Crippen LogP contribution in [0.3, 0.4) is 0 Å². The Kier molecular flexibility index (Phi) is 3.22. The summed E-state index contributed by atoms with van der Waals surface area (Å²) >= 11 is 0. The van der Waals surface area contributed by atoms with E-state index in [1.54, 1.807) is 48.5 Å². The lowest BCUT2D eigenvalue weighted by atomic mass is 9.87. The van der Waals surface area contributed by atoms with Crippen molar-refractivity contribution in [2.24, 2.45) is 0 Å². The van der Waals surface area contributed by atoms with Crippen molar-refractivity contribution < 1.29 is 9.90 Å². The van der Waals surface area contributed by atoms with Crippen molar-refractivity contribution in [1.82, 2.24) is 0 Å². The van der Waals surface area contributed by atoms with Crippen LogP contribution in [-0.2, 0) is 10.4 Å². The molecule has 0 heterocycles. The second-order valence-electron chi connectivity index (χ2n) is 3.94. The first kappa shape index (κ1) is 12.0. The first-order chi connectivity index (χ1) is 8.70. The maximum Gasteiger partial charge on any atom is 0.170 e. The van der Waals surface area contributed by atoms with Gasteiger partial charge in [0.05, 0.1) is 11.6 Å². The van der Waals surface area contributed by atoms with Crippen molar-refractivity contribution in [2.45, 2.75) is 5.60 Å². The second-order valence-corrected chi connectivity index (χ2v) is 3.94. The van der Waals surface area contributed by atoms with Crippen LogP contribution in [0.15, 0.2) is 54.6 Å². The fourth-order valence-corrected chi connectivity index (χ4v) is 1.82. The summed E-state index contributed by atoms with van der Waals surface area (Å²) in [5, 5.41) is 19.4. The van der Waals surface area contributed by atoms with Crippen LogP contribution in [0.5, 0.6) is 0 Å². The molecule has 0 aromatic heterocycles. The van der Waals surface area contributed by atoms with E-state index in [-0.39, 0.29) is 0 Å². The van der Waals surface area contributed by atoms with Gasteiger partial charge in [-0.25, -0.2) is 0 Å². The molecular formula is C15H11NO2. The van der Waals surface area contributed by atoms with Crippen LogP contribution < -0.4 is 0 Å². The second kappa shape index (κ2) is 4.82. The van der Waals surface area contributed by atoms with Gasteiger partial charge in [0.25, 0.3) is 0 Å². The highest BCUT2D eigenvalue weighted by molar-refractivity contribution is 5.72. The Balaban J connectivity index is 2.57. The molecule has 88 valence electrons. The van der Waals surface area contributed by atoms with Gasteiger partial charge < -0.3 is 5.11 Å². The lowest BCUT2D eigenvalue weighted by Gasteiger charge is -2.22. The molecule has 1 unspecified atom stereocenters. The molecule has 0 aliphatic heterocycles. The smallest absolute Gasteiger partial charge is 0.170 e. The summed E-state index contributed by atoms with van der Waals surface area (Å²) < 4.78 is 0. The largest absolute Gasteiger partial charge is 0.373 e. The molecule has 3 nitrogen and oxygen atoms in total. The van der Waals surface area contributed by atoms with Crippen LogP contribution in [0.2, 0.25) is 0 Å². The van der Waals surface area contributed by atoms with Gasteiger partial charge in [0.1, 0.15) is 0 Å². The van der Waals surface area contributed by atoms with Crippen molar-refractivity contribution >= 4 is 6.29 Å². The van der Waals surface area contributed by atoms with Crippen molar-refractivity contribution in [3.63, 3.8) is 0 Å². The molecule has 0 bridgehead atoms. The number of aliphatic hydroxyl groups is 1. The Morgan fingerprint density at radius 3 is 2.33 bits per heavy atom. The Morgan fingerprint density at radius 2 is 1.72 bits per heavy atom. The molecule has 3 heteroatoms. The quantitative estimate of drug-likeness (QED) is 0.830. The third-order valence-electron chi connectivity index (χ3n) is 2.82. The van der Waals surface area contributed by atoms with E-state index in [0.717, 1.165) is 0 Å². The monoisotopic (exact) mass is 237 g/mol. The standard InChI is InChI=1S/C15H11NO2/c16-10-12-5-4-8-14(9-12)15(18,11-17)13-6-2-1-3-7-13/h1-9,11,18H. The summed E-state index contributed by atoms with van der Waals surface area (Å²) in [6.07, 6.45) is 0.485. The molecular weight excluding hydrogens is 226 g/mol. The summed E-state index contributed by atoms with van der Waals surface area (Å²) in [4.78, 5) is 11.3. The molecule has 2 aromatic rings. The average molecular weight is 237 g/mol. The first-order valence-corrected chi connectivity index (χ1v) is 5.45. The van der Waals surface area contributed by atoms with Crippen LogP contribution in [-0.4, -0.2) is 11.4 Å². The van der Waals surface area contributed by atoms with Crippen LogP contribution in [0.4, 0.5) is 0 Å². The number of hydrogen-bond acceptors (Lipinski definition) is 3. The van der Waals surface area contributed by atoms with Gasteiger partial charge in [-0.2, -0.15) is 5.26 Å². The van der Waals surface area contributed by atoms with Gasteiger partial charge in [-0.3, -0.25) is 4.79 Å². The maximum atomic E-state index is 11.3. The van der Waals surface area contributed by atoms with Gasteiger partial charge >= 0.3 is 0 Å². The van der Waals surface area contributed by atoms with E-state index < -0.39 is 5.60 Å². The van der Waals surface area contributed by atoms with Gasteiger partial charge in [-0.15, -0.1) is 0 Å². The number of nitriles is 1.